The first-order valence-corrected chi connectivity index (χ1v) is 6.30. The van der Waals surface area contributed by atoms with Crippen LogP contribution in [0, 0.1) is 16.7 Å². The van der Waals surface area contributed by atoms with E-state index in [9.17, 15) is 0 Å². The van der Waals surface area contributed by atoms with Crippen LogP contribution in [0.25, 0.3) is 0 Å². The summed E-state index contributed by atoms with van der Waals surface area (Å²) in [6.07, 6.45) is 5.97. The minimum absolute atomic E-state index is 0.303. The Labute approximate surface area is 99.6 Å². The topological polar surface area (TPSA) is 53.0 Å². The van der Waals surface area contributed by atoms with Crippen LogP contribution in [0.15, 0.2) is 0 Å². The molecule has 1 unspecified atom stereocenters. The molecule has 16 heavy (non-hydrogen) atoms. The van der Waals surface area contributed by atoms with Crippen LogP contribution in [0.3, 0.4) is 0 Å². The first-order chi connectivity index (χ1) is 7.44. The SMILES string of the molecule is CN(CCC(N)C#N)C1CCC(C)(C)CC1. The van der Waals surface area contributed by atoms with Crippen LogP contribution in [-0.2, 0) is 0 Å². The molecule has 1 rings (SSSR count). The van der Waals surface area contributed by atoms with Crippen molar-refractivity contribution in [1.82, 2.24) is 4.90 Å². The van der Waals surface area contributed by atoms with Gasteiger partial charge in [0.15, 0.2) is 0 Å². The molecule has 0 amide bonds. The molecule has 0 aromatic heterocycles. The van der Waals surface area contributed by atoms with E-state index in [4.69, 9.17) is 11.0 Å². The van der Waals surface area contributed by atoms with Gasteiger partial charge in [-0.2, -0.15) is 5.26 Å². The van der Waals surface area contributed by atoms with Gasteiger partial charge in [0.25, 0.3) is 0 Å². The van der Waals surface area contributed by atoms with Gasteiger partial charge in [-0.25, -0.2) is 0 Å². The highest BCUT2D eigenvalue weighted by atomic mass is 15.1. The molecule has 1 saturated carbocycles. The lowest BCUT2D eigenvalue weighted by Crippen LogP contribution is -2.39. The van der Waals surface area contributed by atoms with E-state index >= 15 is 0 Å². The van der Waals surface area contributed by atoms with Gasteiger partial charge >= 0.3 is 0 Å². The molecule has 1 atom stereocenters. The molecule has 92 valence electrons. The normalized spacial score (nSPS) is 23.0. The van der Waals surface area contributed by atoms with E-state index < -0.39 is 0 Å². The fraction of sp³-hybridized carbons (Fsp3) is 0.923. The summed E-state index contributed by atoms with van der Waals surface area (Å²) >= 11 is 0. The maximum atomic E-state index is 8.63. The summed E-state index contributed by atoms with van der Waals surface area (Å²) in [7, 11) is 2.16. The van der Waals surface area contributed by atoms with Crippen molar-refractivity contribution in [3.63, 3.8) is 0 Å². The number of hydrogen-bond donors (Lipinski definition) is 1. The molecule has 0 aromatic carbocycles. The standard InChI is InChI=1S/C13H25N3/c1-13(2)7-4-12(5-8-13)16(3)9-6-11(15)10-14/h11-12H,4-9,15H2,1-3H3. The third kappa shape index (κ3) is 4.11. The maximum Gasteiger partial charge on any atom is 0.0940 e. The highest BCUT2D eigenvalue weighted by Crippen LogP contribution is 2.36. The zero-order valence-corrected chi connectivity index (χ0v) is 10.9. The van der Waals surface area contributed by atoms with Gasteiger partial charge in [0.1, 0.15) is 0 Å². The highest BCUT2D eigenvalue weighted by Gasteiger charge is 2.28. The Kier molecular flexibility index (Phi) is 4.76. The molecule has 0 radical (unpaired) electrons. The van der Waals surface area contributed by atoms with E-state index in [1.165, 1.54) is 25.7 Å². The molecule has 1 aliphatic rings. The van der Waals surface area contributed by atoms with Crippen molar-refractivity contribution in [2.24, 2.45) is 11.1 Å². The molecule has 0 aromatic rings. The summed E-state index contributed by atoms with van der Waals surface area (Å²) in [5.41, 5.74) is 6.13. The van der Waals surface area contributed by atoms with Gasteiger partial charge in [-0.05, 0) is 44.6 Å². The summed E-state index contributed by atoms with van der Waals surface area (Å²) in [5.74, 6) is 0. The average Bonchev–Trinajstić information content (AvgIpc) is 2.25. The molecule has 3 heteroatoms. The summed E-state index contributed by atoms with van der Waals surface area (Å²) in [6, 6.07) is 2.48. The highest BCUT2D eigenvalue weighted by molar-refractivity contribution is 4.88. The molecule has 0 heterocycles. The summed E-state index contributed by atoms with van der Waals surface area (Å²) in [6.45, 7) is 5.66. The van der Waals surface area contributed by atoms with Crippen molar-refractivity contribution >= 4 is 0 Å². The fourth-order valence-electron chi connectivity index (χ4n) is 2.41. The van der Waals surface area contributed by atoms with Gasteiger partial charge in [-0.15, -0.1) is 0 Å². The van der Waals surface area contributed by atoms with Crippen LogP contribution >= 0.6 is 0 Å². The second kappa shape index (κ2) is 5.65. The monoisotopic (exact) mass is 223 g/mol. The van der Waals surface area contributed by atoms with E-state index in [0.717, 1.165) is 13.0 Å². The Hall–Kier alpha value is -0.590. The van der Waals surface area contributed by atoms with Crippen molar-refractivity contribution in [1.29, 1.82) is 5.26 Å². The summed E-state index contributed by atoms with van der Waals surface area (Å²) in [4.78, 5) is 2.38. The largest absolute Gasteiger partial charge is 0.316 e. The lowest BCUT2D eigenvalue weighted by Gasteiger charge is -2.38. The van der Waals surface area contributed by atoms with Crippen LogP contribution in [-0.4, -0.2) is 30.6 Å². The Morgan fingerprint density at radius 1 is 1.44 bits per heavy atom. The van der Waals surface area contributed by atoms with Crippen LogP contribution < -0.4 is 5.73 Å². The lowest BCUT2D eigenvalue weighted by atomic mass is 9.75. The number of nitrogens with zero attached hydrogens (tertiary/aromatic N) is 2. The minimum Gasteiger partial charge on any atom is -0.316 e. The van der Waals surface area contributed by atoms with Crippen molar-refractivity contribution in [3.8, 4) is 6.07 Å². The first-order valence-electron chi connectivity index (χ1n) is 6.30. The van der Waals surface area contributed by atoms with Gasteiger partial charge in [0, 0.05) is 12.6 Å². The second-order valence-electron chi connectivity index (χ2n) is 5.90. The van der Waals surface area contributed by atoms with Crippen LogP contribution in [0.1, 0.15) is 46.0 Å². The number of rotatable bonds is 4. The summed E-state index contributed by atoms with van der Waals surface area (Å²) in [5, 5.41) is 8.63. The van der Waals surface area contributed by atoms with E-state index in [-0.39, 0.29) is 6.04 Å². The Morgan fingerprint density at radius 3 is 2.50 bits per heavy atom. The molecule has 0 spiro atoms. The molecule has 0 saturated heterocycles. The summed E-state index contributed by atoms with van der Waals surface area (Å²) < 4.78 is 0. The van der Waals surface area contributed by atoms with E-state index in [1.807, 2.05) is 0 Å². The van der Waals surface area contributed by atoms with Crippen molar-refractivity contribution < 1.29 is 0 Å². The first kappa shape index (κ1) is 13.5. The molecule has 0 aliphatic heterocycles. The van der Waals surface area contributed by atoms with Gasteiger partial charge in [-0.3, -0.25) is 0 Å². The predicted octanol–water partition coefficient (Wildman–Crippen LogP) is 2.13. The van der Waals surface area contributed by atoms with Gasteiger partial charge in [0.05, 0.1) is 12.1 Å². The van der Waals surface area contributed by atoms with Gasteiger partial charge < -0.3 is 10.6 Å². The van der Waals surface area contributed by atoms with Crippen molar-refractivity contribution in [2.75, 3.05) is 13.6 Å². The smallest absolute Gasteiger partial charge is 0.0940 e. The van der Waals surface area contributed by atoms with Crippen LogP contribution in [0.4, 0.5) is 0 Å². The predicted molar refractivity (Wildman–Crippen MR) is 66.9 cm³/mol. The van der Waals surface area contributed by atoms with E-state index in [1.54, 1.807) is 0 Å². The number of nitriles is 1. The average molecular weight is 223 g/mol. The maximum absolute atomic E-state index is 8.63. The molecular formula is C13H25N3. The molecular weight excluding hydrogens is 198 g/mol. The van der Waals surface area contributed by atoms with Crippen molar-refractivity contribution in [2.45, 2.75) is 58.0 Å². The molecule has 1 fully saturated rings. The second-order valence-corrected chi connectivity index (χ2v) is 5.90. The minimum atomic E-state index is -0.303. The fourth-order valence-corrected chi connectivity index (χ4v) is 2.41. The molecule has 2 N–H and O–H groups in total. The number of hydrogen-bond acceptors (Lipinski definition) is 3. The molecule has 0 bridgehead atoms. The van der Waals surface area contributed by atoms with E-state index in [0.29, 0.717) is 11.5 Å². The zero-order valence-electron chi connectivity index (χ0n) is 10.9. The molecule has 1 aliphatic carbocycles. The van der Waals surface area contributed by atoms with Crippen LogP contribution in [0.2, 0.25) is 0 Å². The third-order valence-electron chi connectivity index (χ3n) is 3.89. The zero-order chi connectivity index (χ0) is 12.2. The van der Waals surface area contributed by atoms with Gasteiger partial charge in [0.2, 0.25) is 0 Å². The quantitative estimate of drug-likeness (QED) is 0.794. The van der Waals surface area contributed by atoms with Crippen molar-refractivity contribution in [3.05, 3.63) is 0 Å². The van der Waals surface area contributed by atoms with Crippen LogP contribution in [0.5, 0.6) is 0 Å². The Balaban J connectivity index is 2.28. The molecule has 3 nitrogen and oxygen atoms in total. The Morgan fingerprint density at radius 2 is 2.00 bits per heavy atom. The van der Waals surface area contributed by atoms with E-state index in [2.05, 4.69) is 31.9 Å². The third-order valence-corrected chi connectivity index (χ3v) is 3.89. The Bertz CT molecular complexity index is 244. The number of nitrogens with two attached hydrogens (primary N) is 1. The lowest BCUT2D eigenvalue weighted by molar-refractivity contribution is 0.126. The van der Waals surface area contributed by atoms with Gasteiger partial charge in [-0.1, -0.05) is 13.8 Å².